The summed E-state index contributed by atoms with van der Waals surface area (Å²) in [5.74, 6) is 0.835. The van der Waals surface area contributed by atoms with Crippen LogP contribution in [0, 0.1) is 5.92 Å². The maximum atomic E-state index is 12.0. The molecule has 1 aliphatic heterocycles. The molecule has 1 N–H and O–H groups in total. The third-order valence-corrected chi connectivity index (χ3v) is 3.85. The highest BCUT2D eigenvalue weighted by Crippen LogP contribution is 2.22. The minimum absolute atomic E-state index is 0.00245. The summed E-state index contributed by atoms with van der Waals surface area (Å²) in [5.41, 5.74) is 1.29. The number of nitrogens with one attached hydrogen (secondary N) is 1. The van der Waals surface area contributed by atoms with Crippen LogP contribution >= 0.6 is 0 Å². The van der Waals surface area contributed by atoms with Gasteiger partial charge >= 0.3 is 0 Å². The second kappa shape index (κ2) is 6.19. The number of hydrogen-bond donors (Lipinski definition) is 1. The molecular formula is C14H24N4O. The minimum Gasteiger partial charge on any atom is -0.347 e. The molecule has 19 heavy (non-hydrogen) atoms. The van der Waals surface area contributed by atoms with Crippen LogP contribution in [0.5, 0.6) is 0 Å². The van der Waals surface area contributed by atoms with Gasteiger partial charge in [0.15, 0.2) is 0 Å². The second-order valence-corrected chi connectivity index (χ2v) is 5.69. The summed E-state index contributed by atoms with van der Waals surface area (Å²) in [6, 6.07) is 0.00245. The molecule has 1 aliphatic rings. The van der Waals surface area contributed by atoms with E-state index in [2.05, 4.69) is 16.6 Å². The number of carbonyl (C=O) groups excluding carboxylic acids is 1. The number of amides is 1. The van der Waals surface area contributed by atoms with E-state index in [9.17, 15) is 4.79 Å². The number of rotatable bonds is 4. The van der Waals surface area contributed by atoms with Gasteiger partial charge in [-0.15, -0.1) is 0 Å². The molecule has 1 fully saturated rings. The molecule has 5 nitrogen and oxygen atoms in total. The Morgan fingerprint density at radius 2 is 2.37 bits per heavy atom. The predicted octanol–water partition coefficient (Wildman–Crippen LogP) is 0.809. The van der Waals surface area contributed by atoms with E-state index in [4.69, 9.17) is 0 Å². The SMILES string of the molecule is CN(C)C(=O)C1CC(CCc2cnn(C)c2)CCN1. The minimum atomic E-state index is 0.00245. The largest absolute Gasteiger partial charge is 0.347 e. The molecule has 2 unspecified atom stereocenters. The molecule has 0 aliphatic carbocycles. The van der Waals surface area contributed by atoms with Crippen molar-refractivity contribution in [1.29, 1.82) is 0 Å². The fourth-order valence-electron chi connectivity index (χ4n) is 2.73. The molecule has 0 bridgehead atoms. The van der Waals surface area contributed by atoms with Crippen LogP contribution in [-0.2, 0) is 18.3 Å². The first-order valence-corrected chi connectivity index (χ1v) is 6.98. The zero-order chi connectivity index (χ0) is 13.8. The van der Waals surface area contributed by atoms with Crippen molar-refractivity contribution in [3.8, 4) is 0 Å². The number of likely N-dealkylation sites (N-methyl/N-ethyl adjacent to an activating group) is 1. The van der Waals surface area contributed by atoms with Crippen LogP contribution in [-0.4, -0.2) is 47.3 Å². The molecule has 1 saturated heterocycles. The standard InChI is InChI=1S/C14H24N4O/c1-17(2)14(19)13-8-11(6-7-15-13)4-5-12-9-16-18(3)10-12/h9-11,13,15H,4-8H2,1-3H3. The van der Waals surface area contributed by atoms with Crippen molar-refractivity contribution in [2.45, 2.75) is 31.7 Å². The molecule has 1 aromatic rings. The van der Waals surface area contributed by atoms with E-state index in [1.54, 1.807) is 4.90 Å². The zero-order valence-corrected chi connectivity index (χ0v) is 12.1. The highest BCUT2D eigenvalue weighted by molar-refractivity contribution is 5.81. The van der Waals surface area contributed by atoms with Crippen LogP contribution in [0.25, 0.3) is 0 Å². The van der Waals surface area contributed by atoms with Gasteiger partial charge in [-0.25, -0.2) is 0 Å². The number of hydrogen-bond acceptors (Lipinski definition) is 3. The van der Waals surface area contributed by atoms with E-state index < -0.39 is 0 Å². The van der Waals surface area contributed by atoms with E-state index in [0.717, 1.165) is 32.2 Å². The Morgan fingerprint density at radius 1 is 1.58 bits per heavy atom. The number of piperidine rings is 1. The van der Waals surface area contributed by atoms with Crippen molar-refractivity contribution >= 4 is 5.91 Å². The molecule has 0 radical (unpaired) electrons. The summed E-state index contributed by atoms with van der Waals surface area (Å²) in [6.45, 7) is 0.946. The van der Waals surface area contributed by atoms with Gasteiger partial charge in [-0.3, -0.25) is 9.48 Å². The van der Waals surface area contributed by atoms with Gasteiger partial charge in [-0.05, 0) is 43.7 Å². The molecule has 106 valence electrons. The smallest absolute Gasteiger partial charge is 0.239 e. The summed E-state index contributed by atoms with van der Waals surface area (Å²) in [4.78, 5) is 13.7. The highest BCUT2D eigenvalue weighted by atomic mass is 16.2. The molecule has 0 aromatic carbocycles. The van der Waals surface area contributed by atoms with E-state index >= 15 is 0 Å². The van der Waals surface area contributed by atoms with E-state index in [-0.39, 0.29) is 11.9 Å². The topological polar surface area (TPSA) is 50.2 Å². The van der Waals surface area contributed by atoms with Gasteiger partial charge < -0.3 is 10.2 Å². The van der Waals surface area contributed by atoms with Crippen LogP contribution in [0.4, 0.5) is 0 Å². The van der Waals surface area contributed by atoms with Gasteiger partial charge in [0, 0.05) is 27.3 Å². The maximum Gasteiger partial charge on any atom is 0.239 e. The first kappa shape index (κ1) is 14.1. The van der Waals surface area contributed by atoms with E-state index in [0.29, 0.717) is 5.92 Å². The number of nitrogens with zero attached hydrogens (tertiary/aromatic N) is 3. The fourth-order valence-corrected chi connectivity index (χ4v) is 2.73. The lowest BCUT2D eigenvalue weighted by Gasteiger charge is -2.31. The van der Waals surface area contributed by atoms with Crippen LogP contribution in [0.15, 0.2) is 12.4 Å². The van der Waals surface area contributed by atoms with Crippen LogP contribution < -0.4 is 5.32 Å². The molecule has 2 atom stereocenters. The van der Waals surface area contributed by atoms with Crippen molar-refractivity contribution < 1.29 is 4.79 Å². The molecule has 2 rings (SSSR count). The molecule has 0 saturated carbocycles. The Labute approximate surface area is 115 Å². The van der Waals surface area contributed by atoms with E-state index in [1.165, 1.54) is 5.56 Å². The molecule has 5 heteroatoms. The Kier molecular flexibility index (Phi) is 4.58. The average Bonchev–Trinajstić information content (AvgIpc) is 2.81. The lowest BCUT2D eigenvalue weighted by atomic mass is 9.87. The van der Waals surface area contributed by atoms with Gasteiger partial charge in [0.1, 0.15) is 0 Å². The zero-order valence-electron chi connectivity index (χ0n) is 12.1. The van der Waals surface area contributed by atoms with Gasteiger partial charge in [-0.1, -0.05) is 0 Å². The van der Waals surface area contributed by atoms with Crippen LogP contribution in [0.2, 0.25) is 0 Å². The van der Waals surface area contributed by atoms with Crippen molar-refractivity contribution in [1.82, 2.24) is 20.0 Å². The summed E-state index contributed by atoms with van der Waals surface area (Å²) >= 11 is 0. The number of aryl methyl sites for hydroxylation is 2. The second-order valence-electron chi connectivity index (χ2n) is 5.69. The summed E-state index contributed by atoms with van der Waals surface area (Å²) in [7, 11) is 5.59. The van der Waals surface area contributed by atoms with Crippen molar-refractivity contribution in [3.63, 3.8) is 0 Å². The summed E-state index contributed by atoms with van der Waals surface area (Å²) in [6.07, 6.45) is 8.33. The van der Waals surface area contributed by atoms with Crippen molar-refractivity contribution in [3.05, 3.63) is 18.0 Å². The maximum absolute atomic E-state index is 12.0. The first-order chi connectivity index (χ1) is 9.06. The normalized spacial score (nSPS) is 23.3. The average molecular weight is 264 g/mol. The number of carbonyl (C=O) groups is 1. The summed E-state index contributed by atoms with van der Waals surface area (Å²) in [5, 5.41) is 7.52. The molecule has 1 amide bonds. The predicted molar refractivity (Wildman–Crippen MR) is 74.7 cm³/mol. The third-order valence-electron chi connectivity index (χ3n) is 3.85. The quantitative estimate of drug-likeness (QED) is 0.875. The van der Waals surface area contributed by atoms with Crippen LogP contribution in [0.3, 0.4) is 0 Å². The highest BCUT2D eigenvalue weighted by Gasteiger charge is 2.27. The monoisotopic (exact) mass is 264 g/mol. The third kappa shape index (κ3) is 3.80. The van der Waals surface area contributed by atoms with Gasteiger partial charge in [0.05, 0.1) is 12.2 Å². The summed E-state index contributed by atoms with van der Waals surface area (Å²) < 4.78 is 1.84. The lowest BCUT2D eigenvalue weighted by molar-refractivity contribution is -0.131. The Balaban J connectivity index is 1.82. The molecular weight excluding hydrogens is 240 g/mol. The van der Waals surface area contributed by atoms with Gasteiger partial charge in [-0.2, -0.15) is 5.10 Å². The molecule has 1 aromatic heterocycles. The van der Waals surface area contributed by atoms with Crippen molar-refractivity contribution in [2.75, 3.05) is 20.6 Å². The molecule has 2 heterocycles. The Hall–Kier alpha value is -1.36. The van der Waals surface area contributed by atoms with Gasteiger partial charge in [0.2, 0.25) is 5.91 Å². The molecule has 0 spiro atoms. The first-order valence-electron chi connectivity index (χ1n) is 6.98. The lowest BCUT2D eigenvalue weighted by Crippen LogP contribution is -2.48. The van der Waals surface area contributed by atoms with E-state index in [1.807, 2.05) is 32.0 Å². The van der Waals surface area contributed by atoms with Crippen molar-refractivity contribution in [2.24, 2.45) is 13.0 Å². The number of aromatic nitrogens is 2. The Bertz CT molecular complexity index is 427. The Morgan fingerprint density at radius 3 is 3.00 bits per heavy atom. The fraction of sp³-hybridized carbons (Fsp3) is 0.714. The van der Waals surface area contributed by atoms with Crippen LogP contribution in [0.1, 0.15) is 24.8 Å². The van der Waals surface area contributed by atoms with Gasteiger partial charge in [0.25, 0.3) is 0 Å².